The molecule has 0 radical (unpaired) electrons. The molecule has 0 aliphatic rings. The highest BCUT2D eigenvalue weighted by molar-refractivity contribution is 6.32. The third-order valence-electron chi connectivity index (χ3n) is 1.83. The summed E-state index contributed by atoms with van der Waals surface area (Å²) in [5.41, 5.74) is 10.8. The SMILES string of the molecule is NC(=O)c1cnn(-c2nc(N)ncc2Cl)c1. The highest BCUT2D eigenvalue weighted by Crippen LogP contribution is 2.17. The Bertz CT molecular complexity index is 551. The second kappa shape index (κ2) is 3.78. The summed E-state index contributed by atoms with van der Waals surface area (Å²) < 4.78 is 1.31. The summed E-state index contributed by atoms with van der Waals surface area (Å²) in [6, 6.07) is 0. The first-order valence-corrected chi connectivity index (χ1v) is 4.58. The number of halogens is 1. The van der Waals surface area contributed by atoms with Gasteiger partial charge in [0.15, 0.2) is 5.82 Å². The second-order valence-electron chi connectivity index (χ2n) is 2.94. The van der Waals surface area contributed by atoms with E-state index in [1.165, 1.54) is 23.3 Å². The van der Waals surface area contributed by atoms with Gasteiger partial charge in [0.05, 0.1) is 18.0 Å². The summed E-state index contributed by atoms with van der Waals surface area (Å²) in [5.74, 6) is -0.221. The maximum absolute atomic E-state index is 10.9. The lowest BCUT2D eigenvalue weighted by atomic mass is 10.3. The van der Waals surface area contributed by atoms with E-state index in [0.29, 0.717) is 5.82 Å². The lowest BCUT2D eigenvalue weighted by Crippen LogP contribution is -2.09. The number of carbonyl (C=O) groups excluding carboxylic acids is 1. The van der Waals surface area contributed by atoms with Crippen molar-refractivity contribution in [2.24, 2.45) is 5.73 Å². The van der Waals surface area contributed by atoms with Crippen molar-refractivity contribution >= 4 is 23.5 Å². The zero-order chi connectivity index (χ0) is 11.7. The van der Waals surface area contributed by atoms with Gasteiger partial charge in [-0.05, 0) is 0 Å². The average Bonchev–Trinajstić information content (AvgIpc) is 2.70. The quantitative estimate of drug-likeness (QED) is 0.764. The number of amides is 1. The van der Waals surface area contributed by atoms with E-state index in [0.717, 1.165) is 0 Å². The summed E-state index contributed by atoms with van der Waals surface area (Å²) in [6.07, 6.45) is 4.08. The predicted octanol–water partition coefficient (Wildman–Crippen LogP) is -0.00320. The number of nitrogens with two attached hydrogens (primary N) is 2. The van der Waals surface area contributed by atoms with Crippen molar-refractivity contribution in [3.8, 4) is 5.82 Å². The minimum absolute atomic E-state index is 0.0653. The molecule has 0 unspecified atom stereocenters. The Balaban J connectivity index is 2.50. The minimum Gasteiger partial charge on any atom is -0.368 e. The van der Waals surface area contributed by atoms with Crippen molar-refractivity contribution in [2.75, 3.05) is 5.73 Å². The van der Waals surface area contributed by atoms with Crippen LogP contribution in [0.3, 0.4) is 0 Å². The molecule has 2 rings (SSSR count). The number of anilines is 1. The van der Waals surface area contributed by atoms with Crippen molar-refractivity contribution in [3.05, 3.63) is 29.2 Å². The Kier molecular flexibility index (Phi) is 2.45. The van der Waals surface area contributed by atoms with Crippen LogP contribution in [-0.4, -0.2) is 25.7 Å². The molecule has 8 heteroatoms. The molecule has 16 heavy (non-hydrogen) atoms. The van der Waals surface area contributed by atoms with Crippen molar-refractivity contribution in [1.29, 1.82) is 0 Å². The third-order valence-corrected chi connectivity index (χ3v) is 2.09. The van der Waals surface area contributed by atoms with Gasteiger partial charge in [0.25, 0.3) is 5.91 Å². The molecule has 7 nitrogen and oxygen atoms in total. The topological polar surface area (TPSA) is 113 Å². The Labute approximate surface area is 95.0 Å². The number of nitrogen functional groups attached to an aromatic ring is 1. The van der Waals surface area contributed by atoms with Crippen LogP contribution in [0.4, 0.5) is 5.95 Å². The maximum atomic E-state index is 10.9. The maximum Gasteiger partial charge on any atom is 0.251 e. The molecular weight excluding hydrogens is 232 g/mol. The van der Waals surface area contributed by atoms with Crippen LogP contribution in [0.2, 0.25) is 5.02 Å². The first-order valence-electron chi connectivity index (χ1n) is 4.21. The lowest BCUT2D eigenvalue weighted by molar-refractivity contribution is 0.100. The molecule has 0 bridgehead atoms. The van der Waals surface area contributed by atoms with Crippen molar-refractivity contribution < 1.29 is 4.79 Å². The van der Waals surface area contributed by atoms with Gasteiger partial charge in [-0.2, -0.15) is 10.1 Å². The number of nitrogens with zero attached hydrogens (tertiary/aromatic N) is 4. The molecule has 1 amide bonds. The smallest absolute Gasteiger partial charge is 0.251 e. The molecule has 0 fully saturated rings. The van der Waals surface area contributed by atoms with Gasteiger partial charge < -0.3 is 11.5 Å². The van der Waals surface area contributed by atoms with Crippen molar-refractivity contribution in [2.45, 2.75) is 0 Å². The number of rotatable bonds is 2. The molecule has 0 saturated carbocycles. The van der Waals surface area contributed by atoms with E-state index in [1.807, 2.05) is 0 Å². The van der Waals surface area contributed by atoms with Gasteiger partial charge in [0.1, 0.15) is 5.02 Å². The Morgan fingerprint density at radius 1 is 1.44 bits per heavy atom. The van der Waals surface area contributed by atoms with Gasteiger partial charge >= 0.3 is 0 Å². The first-order chi connectivity index (χ1) is 7.58. The molecule has 2 heterocycles. The zero-order valence-corrected chi connectivity index (χ0v) is 8.72. The second-order valence-corrected chi connectivity index (χ2v) is 3.34. The van der Waals surface area contributed by atoms with Gasteiger partial charge in [-0.3, -0.25) is 4.79 Å². The molecule has 2 aromatic rings. The largest absolute Gasteiger partial charge is 0.368 e. The molecule has 0 atom stereocenters. The Morgan fingerprint density at radius 3 is 2.81 bits per heavy atom. The molecule has 0 aliphatic carbocycles. The first kappa shape index (κ1) is 10.4. The van der Waals surface area contributed by atoms with Crippen LogP contribution in [0.25, 0.3) is 5.82 Å². The van der Waals surface area contributed by atoms with E-state index in [9.17, 15) is 4.79 Å². The summed E-state index contributed by atoms with van der Waals surface area (Å²) in [7, 11) is 0. The summed E-state index contributed by atoms with van der Waals surface area (Å²) in [6.45, 7) is 0. The van der Waals surface area contributed by atoms with Crippen LogP contribution in [0.1, 0.15) is 10.4 Å². The fourth-order valence-corrected chi connectivity index (χ4v) is 1.28. The number of carbonyl (C=O) groups is 1. The normalized spacial score (nSPS) is 10.3. The summed E-state index contributed by atoms with van der Waals surface area (Å²) in [5, 5.41) is 4.17. The van der Waals surface area contributed by atoms with Crippen LogP contribution in [0.15, 0.2) is 18.6 Å². The van der Waals surface area contributed by atoms with E-state index >= 15 is 0 Å². The van der Waals surface area contributed by atoms with Crippen LogP contribution in [0.5, 0.6) is 0 Å². The molecule has 82 valence electrons. The fourth-order valence-electron chi connectivity index (χ4n) is 1.10. The number of hydrogen-bond donors (Lipinski definition) is 2. The van der Waals surface area contributed by atoms with Gasteiger partial charge in [-0.1, -0.05) is 11.6 Å². The monoisotopic (exact) mass is 238 g/mol. The molecule has 0 aromatic carbocycles. The van der Waals surface area contributed by atoms with Crippen molar-refractivity contribution in [3.63, 3.8) is 0 Å². The average molecular weight is 239 g/mol. The van der Waals surface area contributed by atoms with E-state index in [4.69, 9.17) is 23.1 Å². The third kappa shape index (κ3) is 1.80. The lowest BCUT2D eigenvalue weighted by Gasteiger charge is -2.02. The van der Waals surface area contributed by atoms with E-state index in [-0.39, 0.29) is 16.5 Å². The van der Waals surface area contributed by atoms with Crippen LogP contribution < -0.4 is 11.5 Å². The molecule has 0 saturated heterocycles. The fraction of sp³-hybridized carbons (Fsp3) is 0. The van der Waals surface area contributed by atoms with Crippen LogP contribution >= 0.6 is 11.6 Å². The summed E-state index contributed by atoms with van der Waals surface area (Å²) >= 11 is 5.86. The minimum atomic E-state index is -0.579. The molecular formula is C8H7ClN6O. The Morgan fingerprint density at radius 2 is 2.19 bits per heavy atom. The predicted molar refractivity (Wildman–Crippen MR) is 57.1 cm³/mol. The van der Waals surface area contributed by atoms with Gasteiger partial charge in [-0.25, -0.2) is 9.67 Å². The van der Waals surface area contributed by atoms with Gasteiger partial charge in [0, 0.05) is 6.20 Å². The van der Waals surface area contributed by atoms with Gasteiger partial charge in [0.2, 0.25) is 5.95 Å². The standard InChI is InChI=1S/C8H7ClN6O/c9-5-2-12-8(11)14-7(5)15-3-4(1-13-15)6(10)16/h1-3H,(H2,10,16)(H2,11,12,14). The van der Waals surface area contributed by atoms with Crippen LogP contribution in [-0.2, 0) is 0 Å². The van der Waals surface area contributed by atoms with E-state index in [2.05, 4.69) is 15.1 Å². The highest BCUT2D eigenvalue weighted by Gasteiger charge is 2.10. The summed E-state index contributed by atoms with van der Waals surface area (Å²) in [4.78, 5) is 18.5. The molecule has 4 N–H and O–H groups in total. The van der Waals surface area contributed by atoms with Gasteiger partial charge in [-0.15, -0.1) is 0 Å². The number of hydrogen-bond acceptors (Lipinski definition) is 5. The van der Waals surface area contributed by atoms with E-state index < -0.39 is 5.91 Å². The highest BCUT2D eigenvalue weighted by atomic mass is 35.5. The molecule has 0 spiro atoms. The molecule has 2 aromatic heterocycles. The Hall–Kier alpha value is -2.15. The van der Waals surface area contributed by atoms with Crippen molar-refractivity contribution in [1.82, 2.24) is 19.7 Å². The zero-order valence-electron chi connectivity index (χ0n) is 7.96. The van der Waals surface area contributed by atoms with E-state index in [1.54, 1.807) is 0 Å². The molecule has 0 aliphatic heterocycles. The van der Waals surface area contributed by atoms with Crippen LogP contribution in [0, 0.1) is 0 Å². The number of aromatic nitrogens is 4. The number of primary amides is 1.